The molecule has 0 unspecified atom stereocenters. The number of benzene rings is 1. The van der Waals surface area contributed by atoms with Crippen molar-refractivity contribution in [3.63, 3.8) is 0 Å². The van der Waals surface area contributed by atoms with E-state index in [0.29, 0.717) is 6.04 Å². The first kappa shape index (κ1) is 11.1. The number of carbonyl (C=O) groups excluding carboxylic acids is 1. The van der Waals surface area contributed by atoms with Crippen LogP contribution in [-0.2, 0) is 6.04 Å². The molecular formula is C11H16O2Si. The average molecular weight is 208 g/mol. The van der Waals surface area contributed by atoms with Gasteiger partial charge in [-0.15, -0.1) is 0 Å². The Kier molecular flexibility index (Phi) is 3.24. The summed E-state index contributed by atoms with van der Waals surface area (Å²) in [5.74, 6) is 0.0684. The van der Waals surface area contributed by atoms with Gasteiger partial charge in [0, 0.05) is 5.56 Å². The van der Waals surface area contributed by atoms with Crippen LogP contribution in [0.2, 0.25) is 13.1 Å². The first-order chi connectivity index (χ1) is 6.40. The molecule has 1 aromatic carbocycles. The third-order valence-electron chi connectivity index (χ3n) is 2.02. The van der Waals surface area contributed by atoms with Crippen molar-refractivity contribution < 1.29 is 9.59 Å². The lowest BCUT2D eigenvalue weighted by Crippen LogP contribution is -2.29. The Morgan fingerprint density at radius 1 is 1.36 bits per heavy atom. The molecule has 0 bridgehead atoms. The van der Waals surface area contributed by atoms with Gasteiger partial charge in [0.25, 0.3) is 0 Å². The van der Waals surface area contributed by atoms with Crippen molar-refractivity contribution in [2.45, 2.75) is 26.1 Å². The van der Waals surface area contributed by atoms with Crippen LogP contribution >= 0.6 is 0 Å². The summed E-state index contributed by atoms with van der Waals surface area (Å²) in [6.07, 6.45) is 0. The van der Waals surface area contributed by atoms with Crippen LogP contribution in [0.15, 0.2) is 24.3 Å². The zero-order chi connectivity index (χ0) is 10.8. The van der Waals surface area contributed by atoms with Gasteiger partial charge in [-0.2, -0.15) is 0 Å². The normalized spacial score (nSPS) is 11.4. The molecule has 0 heterocycles. The predicted octanol–water partition coefficient (Wildman–Crippen LogP) is 2.17. The van der Waals surface area contributed by atoms with Crippen LogP contribution in [-0.4, -0.2) is 18.9 Å². The highest BCUT2D eigenvalue weighted by atomic mass is 28.4. The molecular weight excluding hydrogens is 192 g/mol. The van der Waals surface area contributed by atoms with Crippen molar-refractivity contribution in [3.05, 3.63) is 35.4 Å². The van der Waals surface area contributed by atoms with E-state index in [9.17, 15) is 9.59 Å². The molecule has 0 aliphatic carbocycles. The molecule has 0 amide bonds. The third kappa shape index (κ3) is 3.09. The minimum atomic E-state index is -2.13. The van der Waals surface area contributed by atoms with Gasteiger partial charge in [-0.3, -0.25) is 4.79 Å². The zero-order valence-corrected chi connectivity index (χ0v) is 9.87. The van der Waals surface area contributed by atoms with E-state index in [1.54, 1.807) is 6.92 Å². The topological polar surface area (TPSA) is 37.3 Å². The van der Waals surface area contributed by atoms with Gasteiger partial charge in [0.2, 0.25) is 0 Å². The molecule has 0 saturated carbocycles. The lowest BCUT2D eigenvalue weighted by molar-refractivity contribution is 0.101. The number of Topliss-reactive ketones (excluding diaryl/α,β-unsaturated/α-hetero) is 1. The molecule has 1 rings (SSSR count). The highest BCUT2D eigenvalue weighted by Crippen LogP contribution is 2.14. The van der Waals surface area contributed by atoms with Crippen LogP contribution < -0.4 is 0 Å². The van der Waals surface area contributed by atoms with E-state index < -0.39 is 8.32 Å². The monoisotopic (exact) mass is 208 g/mol. The Morgan fingerprint density at radius 2 is 1.93 bits per heavy atom. The van der Waals surface area contributed by atoms with Crippen molar-refractivity contribution in [1.29, 1.82) is 0 Å². The molecule has 0 fully saturated rings. The minimum Gasteiger partial charge on any atom is -0.432 e. The van der Waals surface area contributed by atoms with E-state index in [4.69, 9.17) is 0 Å². The fourth-order valence-electron chi connectivity index (χ4n) is 1.48. The first-order valence-electron chi connectivity index (χ1n) is 4.71. The Hall–Kier alpha value is -0.933. The van der Waals surface area contributed by atoms with Gasteiger partial charge < -0.3 is 4.80 Å². The summed E-state index contributed by atoms with van der Waals surface area (Å²) in [4.78, 5) is 21.1. The Morgan fingerprint density at radius 3 is 2.43 bits per heavy atom. The maximum Gasteiger partial charge on any atom is 0.186 e. The second-order valence-electron chi connectivity index (χ2n) is 4.20. The summed E-state index contributed by atoms with van der Waals surface area (Å²) >= 11 is 0. The van der Waals surface area contributed by atoms with Crippen LogP contribution in [0, 0.1) is 0 Å². The van der Waals surface area contributed by atoms with Crippen molar-refractivity contribution in [1.82, 2.24) is 0 Å². The summed E-state index contributed by atoms with van der Waals surface area (Å²) in [6, 6.07) is 8.14. The predicted molar refractivity (Wildman–Crippen MR) is 59.9 cm³/mol. The van der Waals surface area contributed by atoms with Gasteiger partial charge >= 0.3 is 0 Å². The standard InChI is InChI=1S/C11H16O2Si/c1-9(12)11-7-5-4-6-10(11)8-14(2,3)13/h4-7,13H,8H2,1-3H3. The van der Waals surface area contributed by atoms with Crippen LogP contribution in [0.3, 0.4) is 0 Å². The largest absolute Gasteiger partial charge is 0.432 e. The van der Waals surface area contributed by atoms with E-state index >= 15 is 0 Å². The van der Waals surface area contributed by atoms with Crippen LogP contribution in [0.1, 0.15) is 22.8 Å². The average Bonchev–Trinajstić information content (AvgIpc) is 2.01. The van der Waals surface area contributed by atoms with Gasteiger partial charge in [0.15, 0.2) is 14.1 Å². The molecule has 0 aromatic heterocycles. The molecule has 0 atom stereocenters. The van der Waals surface area contributed by atoms with Gasteiger partial charge in [-0.25, -0.2) is 0 Å². The first-order valence-corrected chi connectivity index (χ1v) is 7.87. The summed E-state index contributed by atoms with van der Waals surface area (Å²) < 4.78 is 0. The molecule has 1 aromatic rings. The molecule has 0 aliphatic rings. The summed E-state index contributed by atoms with van der Waals surface area (Å²) in [6.45, 7) is 5.32. The summed E-state index contributed by atoms with van der Waals surface area (Å²) in [5.41, 5.74) is 1.71. The molecule has 0 radical (unpaired) electrons. The number of hydrogen-bond donors (Lipinski definition) is 1. The van der Waals surface area contributed by atoms with Crippen LogP contribution in [0.25, 0.3) is 0 Å². The van der Waals surface area contributed by atoms with Crippen molar-refractivity contribution in [2.24, 2.45) is 0 Å². The fraction of sp³-hybridized carbons (Fsp3) is 0.364. The molecule has 1 N–H and O–H groups in total. The second kappa shape index (κ2) is 4.07. The molecule has 3 heteroatoms. The molecule has 76 valence electrons. The zero-order valence-electron chi connectivity index (χ0n) is 8.87. The molecule has 14 heavy (non-hydrogen) atoms. The highest BCUT2D eigenvalue weighted by Gasteiger charge is 2.19. The Labute approximate surface area is 85.7 Å². The number of hydrogen-bond acceptors (Lipinski definition) is 2. The van der Waals surface area contributed by atoms with E-state index in [2.05, 4.69) is 0 Å². The number of ketones is 1. The van der Waals surface area contributed by atoms with Gasteiger partial charge in [0.05, 0.1) is 0 Å². The Balaban J connectivity index is 3.02. The molecule has 0 aliphatic heterocycles. The quantitative estimate of drug-likeness (QED) is 0.610. The Bertz CT molecular complexity index is 339. The van der Waals surface area contributed by atoms with Gasteiger partial charge in [-0.05, 0) is 31.6 Å². The van der Waals surface area contributed by atoms with Crippen molar-refractivity contribution >= 4 is 14.1 Å². The number of rotatable bonds is 3. The third-order valence-corrected chi connectivity index (χ3v) is 3.27. The van der Waals surface area contributed by atoms with E-state index in [1.807, 2.05) is 37.4 Å². The van der Waals surface area contributed by atoms with E-state index in [0.717, 1.165) is 11.1 Å². The van der Waals surface area contributed by atoms with Gasteiger partial charge in [0.1, 0.15) is 0 Å². The summed E-state index contributed by atoms with van der Waals surface area (Å²) in [5, 5.41) is 0. The molecule has 2 nitrogen and oxygen atoms in total. The molecule has 0 spiro atoms. The fourth-order valence-corrected chi connectivity index (χ4v) is 2.72. The van der Waals surface area contributed by atoms with Crippen LogP contribution in [0.5, 0.6) is 0 Å². The van der Waals surface area contributed by atoms with Crippen molar-refractivity contribution in [2.75, 3.05) is 0 Å². The maximum absolute atomic E-state index is 11.3. The second-order valence-corrected chi connectivity index (χ2v) is 8.18. The smallest absolute Gasteiger partial charge is 0.186 e. The van der Waals surface area contributed by atoms with E-state index in [1.165, 1.54) is 0 Å². The van der Waals surface area contributed by atoms with Gasteiger partial charge in [-0.1, -0.05) is 24.3 Å². The lowest BCUT2D eigenvalue weighted by Gasteiger charge is -2.15. The molecule has 0 saturated heterocycles. The SMILES string of the molecule is CC(=O)c1ccccc1C[Si](C)(C)O. The maximum atomic E-state index is 11.3. The van der Waals surface area contributed by atoms with Crippen molar-refractivity contribution in [3.8, 4) is 0 Å². The highest BCUT2D eigenvalue weighted by molar-refractivity contribution is 6.69. The lowest BCUT2D eigenvalue weighted by atomic mass is 10.1. The summed E-state index contributed by atoms with van der Waals surface area (Å²) in [7, 11) is -2.13. The number of carbonyl (C=O) groups is 1. The van der Waals surface area contributed by atoms with Crippen LogP contribution in [0.4, 0.5) is 0 Å². The minimum absolute atomic E-state index is 0.0684. The van der Waals surface area contributed by atoms with E-state index in [-0.39, 0.29) is 5.78 Å².